The van der Waals surface area contributed by atoms with Crippen molar-refractivity contribution < 1.29 is 100 Å². The first-order valence-corrected chi connectivity index (χ1v) is 42.2. The number of allylic oxidation sites excluding steroid dienone is 2. The van der Waals surface area contributed by atoms with Crippen LogP contribution in [-0.4, -0.2) is 145 Å². The number of aliphatic hydroxyl groups is 1. The summed E-state index contributed by atoms with van der Waals surface area (Å²) in [7, 11) is 0. The molecular formula is C101H92Ir4N25O4-4. The molecular weight excluding hydrogens is 2400 g/mol. The summed E-state index contributed by atoms with van der Waals surface area (Å²) in [6, 6.07) is 85.8. The van der Waals surface area contributed by atoms with Gasteiger partial charge >= 0.3 is 26.1 Å². The summed E-state index contributed by atoms with van der Waals surface area (Å²) >= 11 is 0. The van der Waals surface area contributed by atoms with Crippen molar-refractivity contribution in [3.8, 4) is 115 Å². The standard InChI is InChI=1S/C20H17N4.C15H16N2.C14H9N4.C13H8N5.C12H7N6.C12H14N3.C10H13NO2.C5H8O2.4Ir/c1-5-13-7-3-11-17(15(13)9-1)19-21-23-20(24-22-19)18-12-4-8-14-6-2-10-16(14)18;1-3-7-14(8-4-1)16-11-12-17(13-16)15-9-5-2-6-10-15;1-3-7-11(8-4-1)13-15-17-14(18-16-13)12-9-5-2-6-10-12;1-2-6-10(7-3-1)12-15-17-13(18-16-12)11-8-4-5-9-14-11;1-3-7-13-9(5-1)11-15-17-12(18-16-11)10-6-2-4-8-14-10;1-12(2,3)9-4-5-10(13-8-9)11-6-7-14-15-11;1-5-6(2)8(4)11-9(7(5)3)10(12)13;1-4(6)3-5(2)7;;;;/h3-4,7-8,11H,1-2,5-6,9-10H2;1,3-4,7,13,15H,2,5-6,9-10H2;1-9H;1-6,8-9H;1-5,7-8H;4-8H,1-3H3;1-4H3,(H,12,13);3,6H,1-2H3;;;;/q-1;-2;4*-1;;;;;;+3. The molecule has 685 valence electrons. The molecule has 29 nitrogen and oxygen atoms in total. The number of carbonyl (C=O) groups excluding carboxylic acids is 1. The summed E-state index contributed by atoms with van der Waals surface area (Å²) in [4.78, 5) is 45.7. The predicted molar refractivity (Wildman–Crippen MR) is 492 cm³/mol. The monoisotopic (exact) mass is 2490 g/mol. The Morgan fingerprint density at radius 3 is 1.52 bits per heavy atom. The van der Waals surface area contributed by atoms with E-state index in [-0.39, 0.29) is 103 Å². The first-order valence-electron chi connectivity index (χ1n) is 42.2. The van der Waals surface area contributed by atoms with Gasteiger partial charge in [-0.1, -0.05) is 143 Å². The average Bonchev–Trinajstić information content (AvgIpc) is 1.64. The maximum absolute atomic E-state index is 10.8. The molecule has 134 heavy (non-hydrogen) atoms. The molecule has 0 unspecified atom stereocenters. The van der Waals surface area contributed by atoms with Gasteiger partial charge in [0, 0.05) is 126 Å². The third kappa shape index (κ3) is 29.7. The van der Waals surface area contributed by atoms with E-state index in [0.29, 0.717) is 69.7 Å². The van der Waals surface area contributed by atoms with E-state index in [0.717, 1.165) is 93.0 Å². The second kappa shape index (κ2) is 52.6. The Labute approximate surface area is 832 Å². The summed E-state index contributed by atoms with van der Waals surface area (Å²) in [5.74, 6) is 2.80. The van der Waals surface area contributed by atoms with Crippen LogP contribution in [0.5, 0.6) is 0 Å². The van der Waals surface area contributed by atoms with E-state index in [2.05, 4.69) is 222 Å². The number of nitrogens with zero attached hydrogens (tertiary/aromatic N) is 25. The van der Waals surface area contributed by atoms with Crippen LogP contribution in [0.2, 0.25) is 0 Å². The maximum Gasteiger partial charge on any atom is 3.00 e. The molecule has 2 N–H and O–H groups in total. The van der Waals surface area contributed by atoms with E-state index in [9.17, 15) is 9.59 Å². The molecule has 10 aromatic heterocycles. The van der Waals surface area contributed by atoms with E-state index in [4.69, 9.17) is 10.2 Å². The van der Waals surface area contributed by atoms with Crippen molar-refractivity contribution in [2.45, 2.75) is 144 Å². The number of carbonyl (C=O) groups is 2. The molecule has 1 fully saturated rings. The Hall–Kier alpha value is -13.5. The van der Waals surface area contributed by atoms with Gasteiger partial charge in [0.2, 0.25) is 23.3 Å². The average molecular weight is 2490 g/mol. The van der Waals surface area contributed by atoms with Gasteiger partial charge in [-0.2, -0.15) is 77.2 Å². The molecule has 3 radical (unpaired) electrons. The van der Waals surface area contributed by atoms with E-state index in [1.807, 2.05) is 177 Å². The second-order valence-electron chi connectivity index (χ2n) is 31.1. The quantitative estimate of drug-likeness (QED) is 0.0468. The van der Waals surface area contributed by atoms with Crippen molar-refractivity contribution in [2.24, 2.45) is 0 Å². The van der Waals surface area contributed by atoms with Crippen molar-refractivity contribution in [3.63, 3.8) is 0 Å². The number of aliphatic hydroxyl groups excluding tert-OH is 1. The van der Waals surface area contributed by atoms with Gasteiger partial charge in [0.05, 0.1) is 5.76 Å². The number of para-hydroxylation sites is 1. The molecule has 3 aliphatic carbocycles. The first-order chi connectivity index (χ1) is 63.3. The molecule has 0 bridgehead atoms. The molecule has 33 heteroatoms. The summed E-state index contributed by atoms with van der Waals surface area (Å²) in [6.07, 6.45) is 23.2. The fraction of sp³-hybridized carbons (Fsp3) is 0.218. The molecule has 0 atom stereocenters. The molecule has 6 aromatic carbocycles. The van der Waals surface area contributed by atoms with Gasteiger partial charge in [-0.3, -0.25) is 24.7 Å². The molecule has 16 aromatic rings. The second-order valence-corrected chi connectivity index (χ2v) is 31.1. The number of benzene rings is 6. The minimum atomic E-state index is -0.955. The van der Waals surface area contributed by atoms with Gasteiger partial charge in [-0.05, 0) is 167 Å². The van der Waals surface area contributed by atoms with Crippen molar-refractivity contribution in [2.75, 3.05) is 4.90 Å². The van der Waals surface area contributed by atoms with E-state index in [1.54, 1.807) is 56.0 Å². The van der Waals surface area contributed by atoms with Crippen molar-refractivity contribution in [1.82, 2.24) is 122 Å². The number of aromatic carboxylic acids is 1. The van der Waals surface area contributed by atoms with Crippen LogP contribution in [0, 0.1) is 76.8 Å². The zero-order valence-electron chi connectivity index (χ0n) is 74.7. The third-order valence-corrected chi connectivity index (χ3v) is 20.9. The number of pyridine rings is 5. The van der Waals surface area contributed by atoms with Crippen LogP contribution in [0.3, 0.4) is 0 Å². The number of carboxylic acids is 1. The maximum atomic E-state index is 10.8. The van der Waals surface area contributed by atoms with Crippen LogP contribution >= 0.6 is 0 Å². The Morgan fingerprint density at radius 2 is 1.01 bits per heavy atom. The van der Waals surface area contributed by atoms with Crippen molar-refractivity contribution >= 4 is 17.4 Å². The SMILES string of the molecule is C1#CN(C2CCCCC2)[CH-]N1c1[c-]cccc1.CC(=O)C=C(C)O.CC(C)(C)c1ccc(-c2ccn[n-]2)nc1.Cc1nc(C(=O)O)c(C)c(C)c1C.[Ir+3].[Ir].[Ir].[Ir].[c-]1ccc2c(c1-c1nnc(-c3cccc4c3CCC4)nn1)CCC2.[c-]1ccccc1-c1nnc(-c2ccccc2)nn1.[c-]1ccccc1-c1nnc(-c2ccccn2)nn1.[c-]1cccnc1-c1nnc(-c2ccccn2)nn1. The Morgan fingerprint density at radius 1 is 0.463 bits per heavy atom. The van der Waals surface area contributed by atoms with Crippen molar-refractivity contribution in [3.05, 3.63) is 336 Å². The molecule has 20 rings (SSSR count). The Balaban J connectivity index is 0.000000174. The minimum absolute atomic E-state index is 0. The van der Waals surface area contributed by atoms with E-state index in [1.165, 1.54) is 92.7 Å². The molecule has 1 saturated carbocycles. The summed E-state index contributed by atoms with van der Waals surface area (Å²) in [5.41, 5.74) is 19.7. The number of aryl methyl sites for hydroxylation is 3. The number of aromatic nitrogens is 23. The number of anilines is 1. The normalized spacial score (nSPS) is 12.3. The fourth-order valence-electron chi connectivity index (χ4n) is 13.8. The van der Waals surface area contributed by atoms with Crippen LogP contribution in [0.25, 0.3) is 103 Å². The van der Waals surface area contributed by atoms with Gasteiger partial charge in [0.15, 0.2) is 11.5 Å². The van der Waals surface area contributed by atoms with Crippen LogP contribution in [0.15, 0.2) is 243 Å². The van der Waals surface area contributed by atoms with Gasteiger partial charge in [0.1, 0.15) is 34.7 Å². The van der Waals surface area contributed by atoms with Crippen LogP contribution in [0.4, 0.5) is 5.69 Å². The molecule has 0 spiro atoms. The largest absolute Gasteiger partial charge is 3.00 e. The summed E-state index contributed by atoms with van der Waals surface area (Å²) in [6.45, 7) is 18.9. The topological polar surface area (TPSA) is 379 Å². The zero-order valence-corrected chi connectivity index (χ0v) is 84.3. The smallest absolute Gasteiger partial charge is 0.574 e. The number of hydrogen-bond acceptors (Lipinski definition) is 27. The number of ketones is 1. The Bertz CT molecular complexity index is 5870. The number of fused-ring (bicyclic) bond motifs is 2. The number of hydrogen-bond donors (Lipinski definition) is 2. The third-order valence-electron chi connectivity index (χ3n) is 20.9. The van der Waals surface area contributed by atoms with E-state index < -0.39 is 5.97 Å². The van der Waals surface area contributed by atoms with Gasteiger partial charge in [-0.25, -0.2) is 9.78 Å². The fourth-order valence-corrected chi connectivity index (χ4v) is 13.8. The van der Waals surface area contributed by atoms with Crippen LogP contribution in [-0.2, 0) is 116 Å². The number of rotatable bonds is 13. The molecule has 4 aliphatic rings. The molecule has 0 saturated heterocycles. The van der Waals surface area contributed by atoms with Gasteiger partial charge < -0.3 is 30.2 Å². The van der Waals surface area contributed by atoms with Gasteiger partial charge in [0.25, 0.3) is 0 Å². The number of carboxylic acid groups (broad SMARTS) is 1. The Kier molecular flexibility index (Phi) is 40.9. The summed E-state index contributed by atoms with van der Waals surface area (Å²) < 4.78 is 0. The van der Waals surface area contributed by atoms with Crippen LogP contribution < -0.4 is 10.00 Å². The molecule has 0 amide bonds. The van der Waals surface area contributed by atoms with E-state index >= 15 is 0 Å². The first kappa shape index (κ1) is 104. The molecule has 1 aliphatic heterocycles. The van der Waals surface area contributed by atoms with Gasteiger partial charge in [-0.15, -0.1) is 161 Å². The van der Waals surface area contributed by atoms with Crippen molar-refractivity contribution in [1.29, 1.82) is 0 Å². The van der Waals surface area contributed by atoms with Crippen LogP contribution in [0.1, 0.15) is 140 Å². The summed E-state index contributed by atoms with van der Waals surface area (Å²) in [5, 5.41) is 90.8. The molecule has 11 heterocycles. The zero-order chi connectivity index (χ0) is 91.0. The predicted octanol–water partition coefficient (Wildman–Crippen LogP) is 17.2. The minimum Gasteiger partial charge on any atom is -0.574 e.